The summed E-state index contributed by atoms with van der Waals surface area (Å²) in [5, 5.41) is 5.21. The second-order valence-electron chi connectivity index (χ2n) is 2.29. The second-order valence-corrected chi connectivity index (χ2v) is 3.09. The topological polar surface area (TPSA) is 17.8 Å². The van der Waals surface area contributed by atoms with E-state index in [1.54, 1.807) is 4.68 Å². The number of aryl methyl sites for hydroxylation is 1. The van der Waals surface area contributed by atoms with Gasteiger partial charge in [-0.3, -0.25) is 4.68 Å². The molecule has 0 unspecified atom stereocenters. The number of hydrogen-bond acceptors (Lipinski definition) is 1. The van der Waals surface area contributed by atoms with Crippen LogP contribution in [0.1, 0.15) is 12.1 Å². The maximum atomic E-state index is 4.20. The molecular formula is C8H11BrN2. The molecule has 0 atom stereocenters. The molecule has 0 saturated carbocycles. The van der Waals surface area contributed by atoms with Gasteiger partial charge in [0, 0.05) is 18.6 Å². The number of alkyl halides is 1. The predicted octanol–water partition coefficient (Wildman–Crippen LogP) is 2.22. The van der Waals surface area contributed by atoms with Gasteiger partial charge in [-0.15, -0.1) is 0 Å². The lowest BCUT2D eigenvalue weighted by molar-refractivity contribution is 0.764. The number of nitrogens with zero attached hydrogens (tertiary/aromatic N) is 2. The van der Waals surface area contributed by atoms with Gasteiger partial charge in [0.1, 0.15) is 0 Å². The molecule has 0 fully saturated rings. The van der Waals surface area contributed by atoms with Crippen LogP contribution in [0, 0.1) is 0 Å². The Morgan fingerprint density at radius 2 is 2.55 bits per heavy atom. The number of allylic oxidation sites excluding steroid dienone is 1. The summed E-state index contributed by atoms with van der Waals surface area (Å²) < 4.78 is 1.80. The number of aromatic nitrogens is 2. The lowest BCUT2D eigenvalue weighted by Crippen LogP contribution is -1.86. The van der Waals surface area contributed by atoms with E-state index >= 15 is 0 Å². The third-order valence-corrected chi connectivity index (χ3v) is 1.76. The molecule has 0 aliphatic heterocycles. The van der Waals surface area contributed by atoms with Gasteiger partial charge in [0.15, 0.2) is 0 Å². The molecule has 0 spiro atoms. The van der Waals surface area contributed by atoms with E-state index in [4.69, 9.17) is 0 Å². The first-order valence-corrected chi connectivity index (χ1v) is 4.67. The third-order valence-electron chi connectivity index (χ3n) is 1.30. The van der Waals surface area contributed by atoms with Crippen molar-refractivity contribution in [2.75, 3.05) is 5.33 Å². The van der Waals surface area contributed by atoms with Crippen LogP contribution in [0.2, 0.25) is 0 Å². The van der Waals surface area contributed by atoms with Crippen LogP contribution in [0.3, 0.4) is 0 Å². The van der Waals surface area contributed by atoms with Crippen molar-refractivity contribution >= 4 is 22.0 Å². The largest absolute Gasteiger partial charge is 0.275 e. The molecular weight excluding hydrogens is 204 g/mol. The average molecular weight is 215 g/mol. The minimum absolute atomic E-state index is 1.01. The summed E-state index contributed by atoms with van der Waals surface area (Å²) in [6.45, 7) is 0. The van der Waals surface area contributed by atoms with Crippen LogP contribution in [0.25, 0.3) is 6.08 Å². The van der Waals surface area contributed by atoms with Gasteiger partial charge in [0.05, 0.1) is 5.69 Å². The Bertz CT molecular complexity index is 240. The highest BCUT2D eigenvalue weighted by molar-refractivity contribution is 9.09. The summed E-state index contributed by atoms with van der Waals surface area (Å²) in [4.78, 5) is 0. The van der Waals surface area contributed by atoms with Crippen molar-refractivity contribution in [2.24, 2.45) is 7.05 Å². The van der Waals surface area contributed by atoms with Crippen molar-refractivity contribution in [3.63, 3.8) is 0 Å². The van der Waals surface area contributed by atoms with Gasteiger partial charge < -0.3 is 0 Å². The fourth-order valence-corrected chi connectivity index (χ4v) is 1.05. The van der Waals surface area contributed by atoms with E-state index in [-0.39, 0.29) is 0 Å². The van der Waals surface area contributed by atoms with Gasteiger partial charge in [0.25, 0.3) is 0 Å². The highest BCUT2D eigenvalue weighted by Crippen LogP contribution is 1.99. The molecule has 0 saturated heterocycles. The molecule has 0 aromatic carbocycles. The van der Waals surface area contributed by atoms with Crippen LogP contribution in [0.15, 0.2) is 18.3 Å². The van der Waals surface area contributed by atoms with Gasteiger partial charge in [-0.05, 0) is 18.6 Å². The monoisotopic (exact) mass is 214 g/mol. The quantitative estimate of drug-likeness (QED) is 0.707. The Morgan fingerprint density at radius 1 is 1.73 bits per heavy atom. The molecule has 1 aromatic heterocycles. The van der Waals surface area contributed by atoms with Crippen LogP contribution >= 0.6 is 15.9 Å². The zero-order valence-electron chi connectivity index (χ0n) is 6.50. The van der Waals surface area contributed by atoms with Crippen LogP contribution < -0.4 is 0 Å². The van der Waals surface area contributed by atoms with Crippen LogP contribution in [-0.4, -0.2) is 15.1 Å². The van der Waals surface area contributed by atoms with Gasteiger partial charge in [-0.25, -0.2) is 0 Å². The minimum atomic E-state index is 1.01. The van der Waals surface area contributed by atoms with Crippen LogP contribution in [0.4, 0.5) is 0 Å². The maximum absolute atomic E-state index is 4.20. The normalized spacial score (nSPS) is 11.1. The van der Waals surface area contributed by atoms with Crippen molar-refractivity contribution in [2.45, 2.75) is 6.42 Å². The molecule has 1 rings (SSSR count). The lowest BCUT2D eigenvalue weighted by Gasteiger charge is -1.84. The molecule has 1 heterocycles. The summed E-state index contributed by atoms with van der Waals surface area (Å²) in [5.41, 5.74) is 1.02. The molecule has 0 amide bonds. The zero-order chi connectivity index (χ0) is 8.10. The fraction of sp³-hybridized carbons (Fsp3) is 0.375. The summed E-state index contributed by atoms with van der Waals surface area (Å²) in [6, 6.07) is 1.99. The zero-order valence-corrected chi connectivity index (χ0v) is 8.08. The van der Waals surface area contributed by atoms with Gasteiger partial charge >= 0.3 is 0 Å². The first kappa shape index (κ1) is 8.53. The molecule has 3 heteroatoms. The Kier molecular flexibility index (Phi) is 3.36. The van der Waals surface area contributed by atoms with Gasteiger partial charge in [0.2, 0.25) is 0 Å². The minimum Gasteiger partial charge on any atom is -0.275 e. The molecule has 60 valence electrons. The first-order chi connectivity index (χ1) is 5.33. The molecule has 0 aliphatic rings. The summed E-state index contributed by atoms with van der Waals surface area (Å²) in [6.07, 6.45) is 7.13. The molecule has 0 bridgehead atoms. The molecule has 0 radical (unpaired) electrons. The SMILES string of the molecule is Cn1ccc(/C=C/CCBr)n1. The van der Waals surface area contributed by atoms with Crippen molar-refractivity contribution in [1.29, 1.82) is 0 Å². The summed E-state index contributed by atoms with van der Waals surface area (Å²) in [5.74, 6) is 0. The Morgan fingerprint density at radius 3 is 3.09 bits per heavy atom. The smallest absolute Gasteiger partial charge is 0.0847 e. The summed E-state index contributed by atoms with van der Waals surface area (Å²) in [7, 11) is 1.92. The Labute approximate surface area is 75.0 Å². The van der Waals surface area contributed by atoms with Crippen molar-refractivity contribution in [3.8, 4) is 0 Å². The van der Waals surface area contributed by atoms with Crippen LogP contribution in [0.5, 0.6) is 0 Å². The van der Waals surface area contributed by atoms with E-state index in [0.717, 1.165) is 17.4 Å². The predicted molar refractivity (Wildman–Crippen MR) is 50.7 cm³/mol. The standard InChI is InChI=1S/C8H11BrN2/c1-11-7-5-8(10-11)4-2-3-6-9/h2,4-5,7H,3,6H2,1H3/b4-2+. The van der Waals surface area contributed by atoms with Crippen molar-refractivity contribution in [1.82, 2.24) is 9.78 Å². The molecule has 2 nitrogen and oxygen atoms in total. The van der Waals surface area contributed by atoms with E-state index in [0.29, 0.717) is 0 Å². The number of hydrogen-bond donors (Lipinski definition) is 0. The van der Waals surface area contributed by atoms with Crippen molar-refractivity contribution in [3.05, 3.63) is 24.0 Å². The third kappa shape index (κ3) is 2.89. The lowest BCUT2D eigenvalue weighted by atomic mass is 10.3. The molecule has 0 aliphatic carbocycles. The molecule has 0 N–H and O–H groups in total. The highest BCUT2D eigenvalue weighted by atomic mass is 79.9. The average Bonchev–Trinajstić information content (AvgIpc) is 2.37. The molecule has 1 aromatic rings. The number of rotatable bonds is 3. The molecule has 11 heavy (non-hydrogen) atoms. The van der Waals surface area contributed by atoms with E-state index < -0.39 is 0 Å². The van der Waals surface area contributed by atoms with Gasteiger partial charge in [-0.2, -0.15) is 5.10 Å². The highest BCUT2D eigenvalue weighted by Gasteiger charge is 1.87. The van der Waals surface area contributed by atoms with Gasteiger partial charge in [-0.1, -0.05) is 22.0 Å². The Hall–Kier alpha value is -0.570. The maximum Gasteiger partial charge on any atom is 0.0847 e. The van der Waals surface area contributed by atoms with Crippen molar-refractivity contribution < 1.29 is 0 Å². The van der Waals surface area contributed by atoms with E-state index in [2.05, 4.69) is 27.1 Å². The number of halogens is 1. The van der Waals surface area contributed by atoms with Crippen LogP contribution in [-0.2, 0) is 7.05 Å². The van der Waals surface area contributed by atoms with E-state index in [9.17, 15) is 0 Å². The summed E-state index contributed by atoms with van der Waals surface area (Å²) >= 11 is 3.35. The Balaban J connectivity index is 2.50. The fourth-order valence-electron chi connectivity index (χ4n) is 0.789. The second kappa shape index (κ2) is 4.34. The van der Waals surface area contributed by atoms with E-state index in [1.807, 2.05) is 25.4 Å². The first-order valence-electron chi connectivity index (χ1n) is 3.55. The van der Waals surface area contributed by atoms with E-state index in [1.165, 1.54) is 0 Å².